The normalized spacial score (nSPS) is 13.5. The Morgan fingerprint density at radius 3 is 2.79 bits per heavy atom. The lowest BCUT2D eigenvalue weighted by Crippen LogP contribution is -2.26. The zero-order valence-electron chi connectivity index (χ0n) is 13.0. The highest BCUT2D eigenvalue weighted by atomic mass is 32.1. The molecule has 24 heavy (non-hydrogen) atoms. The Morgan fingerprint density at radius 1 is 1.25 bits per heavy atom. The van der Waals surface area contributed by atoms with Crippen LogP contribution in [-0.4, -0.2) is 23.3 Å². The molecule has 2 N–H and O–H groups in total. The summed E-state index contributed by atoms with van der Waals surface area (Å²) in [6.45, 7) is 0.688. The molecular formula is C17H18FN3O2S. The summed E-state index contributed by atoms with van der Waals surface area (Å²) in [6.07, 6.45) is 2.34. The SMILES string of the molecule is O=C(NCCc1ccccc1F)c1csc(CNC(=O)C2CC2)n1. The van der Waals surface area contributed by atoms with Crippen LogP contribution in [0.1, 0.15) is 33.9 Å². The Hall–Kier alpha value is -2.28. The highest BCUT2D eigenvalue weighted by Gasteiger charge is 2.29. The predicted octanol–water partition coefficient (Wildman–Crippen LogP) is 2.28. The van der Waals surface area contributed by atoms with Gasteiger partial charge in [0.15, 0.2) is 0 Å². The van der Waals surface area contributed by atoms with Crippen LogP contribution in [0.2, 0.25) is 0 Å². The van der Waals surface area contributed by atoms with E-state index in [0.717, 1.165) is 12.8 Å². The number of nitrogens with zero attached hydrogens (tertiary/aromatic N) is 1. The van der Waals surface area contributed by atoms with Gasteiger partial charge in [-0.05, 0) is 30.9 Å². The van der Waals surface area contributed by atoms with E-state index in [4.69, 9.17) is 0 Å². The number of nitrogens with one attached hydrogen (secondary N) is 2. The van der Waals surface area contributed by atoms with Crippen LogP contribution in [0.3, 0.4) is 0 Å². The molecule has 5 nitrogen and oxygen atoms in total. The summed E-state index contributed by atoms with van der Waals surface area (Å²) in [5.74, 6) is -0.344. The third-order valence-corrected chi connectivity index (χ3v) is 4.63. The molecule has 0 atom stereocenters. The van der Waals surface area contributed by atoms with Gasteiger partial charge in [-0.15, -0.1) is 11.3 Å². The number of thiazole rings is 1. The minimum absolute atomic E-state index is 0.0566. The summed E-state index contributed by atoms with van der Waals surface area (Å²) in [5, 5.41) is 7.91. The number of halogens is 1. The second kappa shape index (κ2) is 7.53. The molecule has 1 saturated carbocycles. The molecule has 2 aromatic rings. The standard InChI is InChI=1S/C17H18FN3O2S/c18-13-4-2-1-3-11(13)7-8-19-17(23)14-10-24-15(21-14)9-20-16(22)12-5-6-12/h1-4,10,12H,5-9H2,(H,19,23)(H,20,22). The Morgan fingerprint density at radius 2 is 2.04 bits per heavy atom. The topological polar surface area (TPSA) is 71.1 Å². The molecule has 1 fully saturated rings. The molecule has 0 saturated heterocycles. The lowest BCUT2D eigenvalue weighted by molar-refractivity contribution is -0.122. The van der Waals surface area contributed by atoms with Crippen LogP contribution in [0, 0.1) is 11.7 Å². The molecule has 0 spiro atoms. The van der Waals surface area contributed by atoms with E-state index in [1.54, 1.807) is 23.6 Å². The maximum absolute atomic E-state index is 13.5. The second-order valence-corrected chi connectivity index (χ2v) is 6.66. The number of rotatable bonds is 7. The molecule has 0 unspecified atom stereocenters. The molecular weight excluding hydrogens is 329 g/mol. The van der Waals surface area contributed by atoms with E-state index in [1.165, 1.54) is 17.4 Å². The Kier molecular flexibility index (Phi) is 5.20. The smallest absolute Gasteiger partial charge is 0.270 e. The number of amides is 2. The fourth-order valence-electron chi connectivity index (χ4n) is 2.25. The van der Waals surface area contributed by atoms with Gasteiger partial charge in [-0.25, -0.2) is 9.37 Å². The van der Waals surface area contributed by atoms with Gasteiger partial charge >= 0.3 is 0 Å². The van der Waals surface area contributed by atoms with Crippen molar-refractivity contribution >= 4 is 23.2 Å². The van der Waals surface area contributed by atoms with E-state index in [2.05, 4.69) is 15.6 Å². The average Bonchev–Trinajstić information content (AvgIpc) is 3.32. The number of benzene rings is 1. The zero-order chi connectivity index (χ0) is 16.9. The predicted molar refractivity (Wildman–Crippen MR) is 89.1 cm³/mol. The summed E-state index contributed by atoms with van der Waals surface area (Å²) >= 11 is 1.34. The number of hydrogen-bond acceptors (Lipinski definition) is 4. The Balaban J connectivity index is 1.45. The van der Waals surface area contributed by atoms with Crippen molar-refractivity contribution in [3.63, 3.8) is 0 Å². The van der Waals surface area contributed by atoms with Crippen molar-refractivity contribution in [2.75, 3.05) is 6.54 Å². The quantitative estimate of drug-likeness (QED) is 0.807. The van der Waals surface area contributed by atoms with Crippen LogP contribution in [-0.2, 0) is 17.8 Å². The van der Waals surface area contributed by atoms with Gasteiger partial charge in [0.05, 0.1) is 6.54 Å². The first kappa shape index (κ1) is 16.6. The van der Waals surface area contributed by atoms with Gasteiger partial charge in [-0.2, -0.15) is 0 Å². The average molecular weight is 347 g/mol. The number of carbonyl (C=O) groups excluding carboxylic acids is 2. The van der Waals surface area contributed by atoms with Gasteiger partial charge in [-0.1, -0.05) is 18.2 Å². The maximum Gasteiger partial charge on any atom is 0.270 e. The van der Waals surface area contributed by atoms with E-state index >= 15 is 0 Å². The van der Waals surface area contributed by atoms with Gasteiger partial charge in [0.2, 0.25) is 5.91 Å². The van der Waals surface area contributed by atoms with Gasteiger partial charge in [0.25, 0.3) is 5.91 Å². The van der Waals surface area contributed by atoms with Crippen LogP contribution < -0.4 is 10.6 Å². The summed E-state index contributed by atoms with van der Waals surface area (Å²) in [4.78, 5) is 27.8. The van der Waals surface area contributed by atoms with Gasteiger partial charge < -0.3 is 10.6 Å². The number of carbonyl (C=O) groups is 2. The molecule has 1 aromatic carbocycles. The molecule has 126 valence electrons. The van der Waals surface area contributed by atoms with E-state index in [9.17, 15) is 14.0 Å². The maximum atomic E-state index is 13.5. The van der Waals surface area contributed by atoms with Gasteiger partial charge in [0.1, 0.15) is 16.5 Å². The van der Waals surface area contributed by atoms with Crippen molar-refractivity contribution in [1.82, 2.24) is 15.6 Å². The lowest BCUT2D eigenvalue weighted by atomic mass is 10.1. The van der Waals surface area contributed by atoms with Crippen LogP contribution in [0.25, 0.3) is 0 Å². The summed E-state index contributed by atoms with van der Waals surface area (Å²) < 4.78 is 13.5. The Bertz CT molecular complexity index is 743. The van der Waals surface area contributed by atoms with Gasteiger partial charge in [-0.3, -0.25) is 9.59 Å². The first-order valence-electron chi connectivity index (χ1n) is 7.87. The van der Waals surface area contributed by atoms with Crippen LogP contribution in [0.5, 0.6) is 0 Å². The highest BCUT2D eigenvalue weighted by Crippen LogP contribution is 2.28. The zero-order valence-corrected chi connectivity index (χ0v) is 13.9. The minimum Gasteiger partial charge on any atom is -0.350 e. The molecule has 2 amide bonds. The fraction of sp³-hybridized carbons (Fsp3) is 0.353. The van der Waals surface area contributed by atoms with Crippen LogP contribution in [0.4, 0.5) is 4.39 Å². The first-order valence-corrected chi connectivity index (χ1v) is 8.75. The third kappa shape index (κ3) is 4.38. The lowest BCUT2D eigenvalue weighted by Gasteiger charge is -2.04. The fourth-order valence-corrected chi connectivity index (χ4v) is 2.97. The first-order chi connectivity index (χ1) is 11.6. The largest absolute Gasteiger partial charge is 0.350 e. The molecule has 7 heteroatoms. The van der Waals surface area contributed by atoms with E-state index in [-0.39, 0.29) is 23.5 Å². The monoisotopic (exact) mass is 347 g/mol. The number of aromatic nitrogens is 1. The molecule has 1 aromatic heterocycles. The van der Waals surface area contributed by atoms with E-state index in [1.807, 2.05) is 0 Å². The van der Waals surface area contributed by atoms with E-state index < -0.39 is 0 Å². The molecule has 3 rings (SSSR count). The van der Waals surface area contributed by atoms with Crippen molar-refractivity contribution in [2.45, 2.75) is 25.8 Å². The molecule has 0 bridgehead atoms. The van der Waals surface area contributed by atoms with Crippen molar-refractivity contribution in [3.8, 4) is 0 Å². The van der Waals surface area contributed by atoms with Crippen LogP contribution >= 0.6 is 11.3 Å². The molecule has 1 heterocycles. The van der Waals surface area contributed by atoms with Crippen molar-refractivity contribution in [3.05, 3.63) is 51.7 Å². The van der Waals surface area contributed by atoms with Crippen LogP contribution in [0.15, 0.2) is 29.6 Å². The summed E-state index contributed by atoms with van der Waals surface area (Å²) in [7, 11) is 0. The second-order valence-electron chi connectivity index (χ2n) is 5.72. The van der Waals surface area contributed by atoms with E-state index in [0.29, 0.717) is 35.8 Å². The molecule has 1 aliphatic rings. The Labute approximate surface area is 143 Å². The molecule has 1 aliphatic carbocycles. The van der Waals surface area contributed by atoms with Crippen molar-refractivity contribution < 1.29 is 14.0 Å². The highest BCUT2D eigenvalue weighted by molar-refractivity contribution is 7.09. The minimum atomic E-state index is -0.289. The summed E-state index contributed by atoms with van der Waals surface area (Å²) in [5.41, 5.74) is 0.892. The molecule has 0 aliphatic heterocycles. The van der Waals surface area contributed by atoms with Crippen molar-refractivity contribution in [2.24, 2.45) is 5.92 Å². The summed E-state index contributed by atoms with van der Waals surface area (Å²) in [6, 6.07) is 6.50. The molecule has 0 radical (unpaired) electrons. The number of hydrogen-bond donors (Lipinski definition) is 2. The van der Waals surface area contributed by atoms with Gasteiger partial charge in [0, 0.05) is 17.8 Å². The van der Waals surface area contributed by atoms with Crippen molar-refractivity contribution in [1.29, 1.82) is 0 Å². The third-order valence-electron chi connectivity index (χ3n) is 3.78.